The van der Waals surface area contributed by atoms with Crippen molar-refractivity contribution in [1.29, 1.82) is 0 Å². The first-order chi connectivity index (χ1) is 17.9. The van der Waals surface area contributed by atoms with Crippen molar-refractivity contribution in [3.8, 4) is 0 Å². The highest BCUT2D eigenvalue weighted by molar-refractivity contribution is 5.76. The normalized spacial score (nSPS) is 19.1. The average Bonchev–Trinajstić information content (AvgIpc) is 3.37. The maximum atomic E-state index is 12.7. The second-order valence-electron chi connectivity index (χ2n) is 10.7. The van der Waals surface area contributed by atoms with Crippen LogP contribution in [0, 0.1) is 0 Å². The van der Waals surface area contributed by atoms with Gasteiger partial charge in [0.2, 0.25) is 5.91 Å². The fraction of sp³-hybridized carbons (Fsp3) is 0.767. The number of ether oxygens (including phenoxy) is 1. The predicted octanol–water partition coefficient (Wildman–Crippen LogP) is 4.34. The van der Waals surface area contributed by atoms with Crippen LogP contribution in [0.25, 0.3) is 0 Å². The van der Waals surface area contributed by atoms with E-state index in [2.05, 4.69) is 6.92 Å². The van der Waals surface area contributed by atoms with E-state index >= 15 is 0 Å². The maximum absolute atomic E-state index is 12.7. The fourth-order valence-electron chi connectivity index (χ4n) is 5.08. The Kier molecular flexibility index (Phi) is 16.0. The molecule has 7 heteroatoms. The summed E-state index contributed by atoms with van der Waals surface area (Å²) >= 11 is 0. The second-order valence-corrected chi connectivity index (χ2v) is 10.7. The van der Waals surface area contributed by atoms with Crippen LogP contribution in [-0.2, 0) is 16.1 Å². The molecule has 0 spiro atoms. The van der Waals surface area contributed by atoms with Crippen molar-refractivity contribution in [2.45, 2.75) is 134 Å². The van der Waals surface area contributed by atoms with Crippen molar-refractivity contribution in [3.63, 3.8) is 0 Å². The van der Waals surface area contributed by atoms with Gasteiger partial charge in [-0.05, 0) is 37.7 Å². The van der Waals surface area contributed by atoms with Crippen LogP contribution in [0.2, 0.25) is 0 Å². The highest BCUT2D eigenvalue weighted by Crippen LogP contribution is 2.21. The number of carbonyl (C=O) groups excluding carboxylic acids is 1. The van der Waals surface area contributed by atoms with Crippen molar-refractivity contribution in [1.82, 2.24) is 4.90 Å². The van der Waals surface area contributed by atoms with E-state index in [9.17, 15) is 25.2 Å². The van der Waals surface area contributed by atoms with Crippen LogP contribution in [0.5, 0.6) is 0 Å². The van der Waals surface area contributed by atoms with Gasteiger partial charge in [0.05, 0.1) is 43.7 Å². The predicted molar refractivity (Wildman–Crippen MR) is 146 cm³/mol. The second kappa shape index (κ2) is 18.7. The van der Waals surface area contributed by atoms with Gasteiger partial charge in [0, 0.05) is 19.4 Å². The zero-order valence-corrected chi connectivity index (χ0v) is 22.8. The number of likely N-dealkylation sites (tertiary alicyclic amines) is 1. The fourth-order valence-corrected chi connectivity index (χ4v) is 5.08. The van der Waals surface area contributed by atoms with Crippen LogP contribution in [0.4, 0.5) is 0 Å². The number of aliphatic hydroxyl groups is 4. The smallest absolute Gasteiger partial charge is 0.222 e. The molecular weight excluding hydrogens is 470 g/mol. The molecule has 1 aliphatic rings. The van der Waals surface area contributed by atoms with E-state index in [1.165, 1.54) is 0 Å². The molecule has 0 bridgehead atoms. The summed E-state index contributed by atoms with van der Waals surface area (Å²) in [5, 5.41) is 40.5. The molecule has 1 amide bonds. The number of carbonyl (C=O) groups is 1. The lowest BCUT2D eigenvalue weighted by atomic mass is 9.96. The molecular formula is C30H51NO6. The summed E-state index contributed by atoms with van der Waals surface area (Å²) in [5.74, 6) is 0.222. The van der Waals surface area contributed by atoms with Gasteiger partial charge in [-0.3, -0.25) is 4.79 Å². The van der Waals surface area contributed by atoms with Gasteiger partial charge >= 0.3 is 0 Å². The van der Waals surface area contributed by atoms with E-state index in [1.807, 2.05) is 35.2 Å². The summed E-state index contributed by atoms with van der Waals surface area (Å²) in [6.07, 6.45) is 7.23. The molecule has 1 heterocycles. The molecule has 7 nitrogen and oxygen atoms in total. The summed E-state index contributed by atoms with van der Waals surface area (Å²) in [4.78, 5) is 14.7. The molecule has 37 heavy (non-hydrogen) atoms. The van der Waals surface area contributed by atoms with Gasteiger partial charge in [-0.15, -0.1) is 0 Å². The molecule has 1 aromatic rings. The minimum Gasteiger partial charge on any atom is -0.390 e. The zero-order valence-electron chi connectivity index (χ0n) is 22.8. The van der Waals surface area contributed by atoms with E-state index in [4.69, 9.17) is 4.74 Å². The van der Waals surface area contributed by atoms with Crippen molar-refractivity contribution in [2.75, 3.05) is 13.2 Å². The third-order valence-corrected chi connectivity index (χ3v) is 7.48. The van der Waals surface area contributed by atoms with Crippen LogP contribution >= 0.6 is 0 Å². The van der Waals surface area contributed by atoms with E-state index < -0.39 is 24.4 Å². The summed E-state index contributed by atoms with van der Waals surface area (Å²) in [7, 11) is 0. The molecule has 5 atom stereocenters. The maximum Gasteiger partial charge on any atom is 0.222 e. The summed E-state index contributed by atoms with van der Waals surface area (Å²) in [5.41, 5.74) is 1.15. The minimum absolute atomic E-state index is 0.00857. The Labute approximate surface area is 223 Å². The largest absolute Gasteiger partial charge is 0.390 e. The number of amides is 1. The molecule has 4 unspecified atom stereocenters. The Hall–Kier alpha value is -1.51. The van der Waals surface area contributed by atoms with E-state index in [1.54, 1.807) is 0 Å². The monoisotopic (exact) mass is 521 g/mol. The molecule has 212 valence electrons. The van der Waals surface area contributed by atoms with Gasteiger partial charge in [0.15, 0.2) is 0 Å². The number of hydrogen-bond donors (Lipinski definition) is 4. The highest BCUT2D eigenvalue weighted by atomic mass is 16.5. The summed E-state index contributed by atoms with van der Waals surface area (Å²) < 4.78 is 5.88. The standard InChI is InChI=1S/C30H51NO6/c1-2-3-8-17-26(32)28(34)21-29(35)27(33)18-11-5-4-6-12-19-30(36)31-20-13-16-25(31)23-37-22-24-14-9-7-10-15-24/h7,9-10,14-15,25-29,32-35H,2-6,8,11-13,16-23H2,1H3/t25-,26?,27?,28?,29?/m0/s1. The molecule has 1 aliphatic heterocycles. The van der Waals surface area contributed by atoms with E-state index in [0.29, 0.717) is 32.5 Å². The van der Waals surface area contributed by atoms with Crippen molar-refractivity contribution < 1.29 is 30.0 Å². The van der Waals surface area contributed by atoms with Gasteiger partial charge in [-0.25, -0.2) is 0 Å². The number of aliphatic hydroxyl groups excluding tert-OH is 4. The third kappa shape index (κ3) is 12.7. The molecule has 4 N–H and O–H groups in total. The SMILES string of the molecule is CCCCCC(O)C(O)CC(O)C(O)CCCCCCCC(=O)N1CCC[C@H]1COCc1ccccc1. The van der Waals surface area contributed by atoms with Gasteiger partial charge < -0.3 is 30.1 Å². The molecule has 0 radical (unpaired) electrons. The average molecular weight is 522 g/mol. The van der Waals surface area contributed by atoms with Crippen LogP contribution in [0.3, 0.4) is 0 Å². The molecule has 1 aromatic carbocycles. The summed E-state index contributed by atoms with van der Waals surface area (Å²) in [6, 6.07) is 10.3. The number of nitrogens with zero attached hydrogens (tertiary/aromatic N) is 1. The molecule has 0 aromatic heterocycles. The Morgan fingerprint density at radius 2 is 1.51 bits per heavy atom. The first-order valence-corrected chi connectivity index (χ1v) is 14.6. The Morgan fingerprint density at radius 1 is 0.892 bits per heavy atom. The van der Waals surface area contributed by atoms with Crippen LogP contribution < -0.4 is 0 Å². The van der Waals surface area contributed by atoms with Gasteiger partial charge in [-0.1, -0.05) is 82.2 Å². The van der Waals surface area contributed by atoms with Crippen molar-refractivity contribution in [2.24, 2.45) is 0 Å². The lowest BCUT2D eigenvalue weighted by Crippen LogP contribution is -2.38. The van der Waals surface area contributed by atoms with Crippen LogP contribution in [0.15, 0.2) is 30.3 Å². The Morgan fingerprint density at radius 3 is 2.19 bits per heavy atom. The molecule has 0 saturated carbocycles. The number of benzene rings is 1. The summed E-state index contributed by atoms with van der Waals surface area (Å²) in [6.45, 7) is 4.07. The van der Waals surface area contributed by atoms with E-state index in [-0.39, 0.29) is 18.4 Å². The quantitative estimate of drug-likeness (QED) is 0.190. The van der Waals surface area contributed by atoms with E-state index in [0.717, 1.165) is 76.3 Å². The molecule has 0 aliphatic carbocycles. The minimum atomic E-state index is -1.03. The highest BCUT2D eigenvalue weighted by Gasteiger charge is 2.28. The number of hydrogen-bond acceptors (Lipinski definition) is 6. The topological polar surface area (TPSA) is 110 Å². The molecule has 1 fully saturated rings. The lowest BCUT2D eigenvalue weighted by molar-refractivity contribution is -0.133. The molecule has 1 saturated heterocycles. The van der Waals surface area contributed by atoms with Gasteiger partial charge in [-0.2, -0.15) is 0 Å². The van der Waals surface area contributed by atoms with Crippen molar-refractivity contribution >= 4 is 5.91 Å². The van der Waals surface area contributed by atoms with Crippen LogP contribution in [-0.4, -0.2) is 74.8 Å². The molecule has 2 rings (SSSR count). The zero-order chi connectivity index (χ0) is 26.9. The Balaban J connectivity index is 1.51. The number of rotatable bonds is 20. The van der Waals surface area contributed by atoms with Gasteiger partial charge in [0.1, 0.15) is 0 Å². The van der Waals surface area contributed by atoms with Crippen LogP contribution in [0.1, 0.15) is 102 Å². The third-order valence-electron chi connectivity index (χ3n) is 7.48. The first-order valence-electron chi connectivity index (χ1n) is 14.6. The lowest BCUT2D eigenvalue weighted by Gasteiger charge is -2.25. The van der Waals surface area contributed by atoms with Gasteiger partial charge in [0.25, 0.3) is 0 Å². The van der Waals surface area contributed by atoms with Crippen molar-refractivity contribution in [3.05, 3.63) is 35.9 Å². The Bertz CT molecular complexity index is 717. The number of unbranched alkanes of at least 4 members (excludes halogenated alkanes) is 6. The first kappa shape index (κ1) is 31.7.